The lowest BCUT2D eigenvalue weighted by Gasteiger charge is -2.35. The van der Waals surface area contributed by atoms with Gasteiger partial charge < -0.3 is 20.5 Å². The molecule has 1 aliphatic heterocycles. The SMILES string of the molecule is CN(CC1(O)CCOCC1)c1nc(N)ncc1Cl. The minimum absolute atomic E-state index is 0.167. The van der Waals surface area contributed by atoms with Gasteiger partial charge in [0, 0.05) is 39.6 Å². The molecular formula is C11H17ClN4O2. The van der Waals surface area contributed by atoms with E-state index in [0.717, 1.165) is 0 Å². The van der Waals surface area contributed by atoms with Crippen LogP contribution in [-0.2, 0) is 4.74 Å². The van der Waals surface area contributed by atoms with Crippen LogP contribution in [0.1, 0.15) is 12.8 Å². The van der Waals surface area contributed by atoms with Crippen molar-refractivity contribution in [3.63, 3.8) is 0 Å². The molecule has 2 rings (SSSR count). The second-order valence-electron chi connectivity index (χ2n) is 4.59. The summed E-state index contributed by atoms with van der Waals surface area (Å²) in [7, 11) is 1.82. The fourth-order valence-electron chi connectivity index (χ4n) is 2.06. The molecule has 0 spiro atoms. The van der Waals surface area contributed by atoms with E-state index in [-0.39, 0.29) is 5.95 Å². The molecule has 3 N–H and O–H groups in total. The Labute approximate surface area is 111 Å². The van der Waals surface area contributed by atoms with Crippen LogP contribution < -0.4 is 10.6 Å². The number of rotatable bonds is 3. The number of anilines is 2. The van der Waals surface area contributed by atoms with E-state index >= 15 is 0 Å². The Hall–Kier alpha value is -1.11. The number of aromatic nitrogens is 2. The van der Waals surface area contributed by atoms with Gasteiger partial charge in [-0.3, -0.25) is 0 Å². The third kappa shape index (κ3) is 3.01. The number of nitrogen functional groups attached to an aromatic ring is 1. The van der Waals surface area contributed by atoms with Gasteiger partial charge in [0.25, 0.3) is 0 Å². The molecule has 7 heteroatoms. The highest BCUT2D eigenvalue weighted by molar-refractivity contribution is 6.32. The third-order valence-electron chi connectivity index (χ3n) is 3.06. The van der Waals surface area contributed by atoms with E-state index in [2.05, 4.69) is 9.97 Å². The van der Waals surface area contributed by atoms with Gasteiger partial charge in [0.15, 0.2) is 5.82 Å². The summed E-state index contributed by atoms with van der Waals surface area (Å²) < 4.78 is 5.24. The van der Waals surface area contributed by atoms with E-state index in [1.54, 1.807) is 4.90 Å². The fraction of sp³-hybridized carbons (Fsp3) is 0.636. The second kappa shape index (κ2) is 5.26. The Morgan fingerprint density at radius 1 is 1.56 bits per heavy atom. The van der Waals surface area contributed by atoms with Crippen molar-refractivity contribution in [2.75, 3.05) is 37.4 Å². The number of nitrogens with two attached hydrogens (primary N) is 1. The maximum Gasteiger partial charge on any atom is 0.222 e. The number of nitrogens with zero attached hydrogens (tertiary/aromatic N) is 3. The van der Waals surface area contributed by atoms with E-state index in [4.69, 9.17) is 22.1 Å². The van der Waals surface area contributed by atoms with Crippen LogP contribution in [0.5, 0.6) is 0 Å². The smallest absolute Gasteiger partial charge is 0.222 e. The number of halogens is 1. The summed E-state index contributed by atoms with van der Waals surface area (Å²) in [4.78, 5) is 9.70. The van der Waals surface area contributed by atoms with Crippen LogP contribution in [0.15, 0.2) is 6.20 Å². The molecule has 1 fully saturated rings. The highest BCUT2D eigenvalue weighted by atomic mass is 35.5. The molecule has 0 atom stereocenters. The van der Waals surface area contributed by atoms with Crippen molar-refractivity contribution < 1.29 is 9.84 Å². The monoisotopic (exact) mass is 272 g/mol. The summed E-state index contributed by atoms with van der Waals surface area (Å²) in [6.07, 6.45) is 2.68. The van der Waals surface area contributed by atoms with Gasteiger partial charge >= 0.3 is 0 Å². The fourth-order valence-corrected chi connectivity index (χ4v) is 2.30. The summed E-state index contributed by atoms with van der Waals surface area (Å²) in [6, 6.07) is 0. The Bertz CT molecular complexity index is 424. The lowest BCUT2D eigenvalue weighted by Crippen LogP contribution is -2.46. The number of aliphatic hydroxyl groups is 1. The first-order valence-corrected chi connectivity index (χ1v) is 6.17. The maximum absolute atomic E-state index is 10.4. The molecule has 0 bridgehead atoms. The predicted octanol–water partition coefficient (Wildman–Crippen LogP) is 0.690. The van der Waals surface area contributed by atoms with E-state index in [9.17, 15) is 5.11 Å². The number of ether oxygens (including phenoxy) is 1. The van der Waals surface area contributed by atoms with Gasteiger partial charge in [-0.1, -0.05) is 11.6 Å². The van der Waals surface area contributed by atoms with Crippen molar-refractivity contribution >= 4 is 23.4 Å². The van der Waals surface area contributed by atoms with Crippen molar-refractivity contribution in [1.29, 1.82) is 0 Å². The first-order chi connectivity index (χ1) is 8.50. The molecule has 1 aliphatic rings. The van der Waals surface area contributed by atoms with Crippen LogP contribution in [0.4, 0.5) is 11.8 Å². The molecule has 1 saturated heterocycles. The summed E-state index contributed by atoms with van der Waals surface area (Å²) in [5.74, 6) is 0.698. The largest absolute Gasteiger partial charge is 0.388 e. The standard InChI is InChI=1S/C11H17ClN4O2/c1-16(7-11(17)2-4-18-5-3-11)9-8(12)6-14-10(13)15-9/h6,17H,2-5,7H2,1H3,(H2,13,14,15). The first kappa shape index (κ1) is 13.3. The van der Waals surface area contributed by atoms with E-state index in [1.807, 2.05) is 7.05 Å². The quantitative estimate of drug-likeness (QED) is 0.842. The van der Waals surface area contributed by atoms with Gasteiger partial charge in [0.05, 0.1) is 11.8 Å². The van der Waals surface area contributed by atoms with Crippen molar-refractivity contribution in [1.82, 2.24) is 9.97 Å². The lowest BCUT2D eigenvalue weighted by atomic mass is 9.94. The van der Waals surface area contributed by atoms with Gasteiger partial charge in [0.2, 0.25) is 5.95 Å². The lowest BCUT2D eigenvalue weighted by molar-refractivity contribution is -0.0573. The first-order valence-electron chi connectivity index (χ1n) is 5.79. The van der Waals surface area contributed by atoms with Gasteiger partial charge in [-0.25, -0.2) is 4.98 Å². The zero-order valence-electron chi connectivity index (χ0n) is 10.3. The maximum atomic E-state index is 10.4. The predicted molar refractivity (Wildman–Crippen MR) is 69.7 cm³/mol. The molecule has 0 unspecified atom stereocenters. The molecular weight excluding hydrogens is 256 g/mol. The Morgan fingerprint density at radius 2 is 2.22 bits per heavy atom. The molecule has 0 amide bonds. The van der Waals surface area contributed by atoms with Crippen molar-refractivity contribution in [3.05, 3.63) is 11.2 Å². The van der Waals surface area contributed by atoms with Crippen molar-refractivity contribution in [2.45, 2.75) is 18.4 Å². The molecule has 0 aliphatic carbocycles. The second-order valence-corrected chi connectivity index (χ2v) is 5.00. The molecule has 0 radical (unpaired) electrons. The number of hydrogen-bond donors (Lipinski definition) is 2. The highest BCUT2D eigenvalue weighted by Gasteiger charge is 2.31. The topological polar surface area (TPSA) is 84.5 Å². The van der Waals surface area contributed by atoms with Crippen LogP contribution in [0.3, 0.4) is 0 Å². The minimum atomic E-state index is -0.768. The van der Waals surface area contributed by atoms with Gasteiger partial charge in [-0.2, -0.15) is 4.98 Å². The molecule has 2 heterocycles. The van der Waals surface area contributed by atoms with Gasteiger partial charge in [0.1, 0.15) is 5.02 Å². The average Bonchev–Trinajstić information content (AvgIpc) is 2.32. The van der Waals surface area contributed by atoms with E-state index < -0.39 is 5.60 Å². The Kier molecular flexibility index (Phi) is 3.89. The molecule has 18 heavy (non-hydrogen) atoms. The molecule has 0 saturated carbocycles. The number of hydrogen-bond acceptors (Lipinski definition) is 6. The summed E-state index contributed by atoms with van der Waals surface area (Å²) in [5.41, 5.74) is 4.77. The Balaban J connectivity index is 2.11. The average molecular weight is 273 g/mol. The molecule has 6 nitrogen and oxygen atoms in total. The minimum Gasteiger partial charge on any atom is -0.388 e. The third-order valence-corrected chi connectivity index (χ3v) is 3.33. The summed E-state index contributed by atoms with van der Waals surface area (Å²) >= 11 is 6.03. The molecule has 100 valence electrons. The van der Waals surface area contributed by atoms with Crippen LogP contribution in [0.25, 0.3) is 0 Å². The number of likely N-dealkylation sites (N-methyl/N-ethyl adjacent to an activating group) is 1. The van der Waals surface area contributed by atoms with Crippen LogP contribution >= 0.6 is 11.6 Å². The zero-order chi connectivity index (χ0) is 13.2. The summed E-state index contributed by atoms with van der Waals surface area (Å²) in [6.45, 7) is 1.58. The van der Waals surface area contributed by atoms with Gasteiger partial charge in [-0.05, 0) is 0 Å². The van der Waals surface area contributed by atoms with Crippen LogP contribution in [0, 0.1) is 0 Å². The van der Waals surface area contributed by atoms with Crippen molar-refractivity contribution in [3.8, 4) is 0 Å². The zero-order valence-corrected chi connectivity index (χ0v) is 11.0. The van der Waals surface area contributed by atoms with E-state index in [0.29, 0.717) is 43.4 Å². The van der Waals surface area contributed by atoms with Crippen LogP contribution in [0.2, 0.25) is 5.02 Å². The highest BCUT2D eigenvalue weighted by Crippen LogP contribution is 2.27. The summed E-state index contributed by atoms with van der Waals surface area (Å²) in [5, 5.41) is 10.8. The normalized spacial score (nSPS) is 18.6. The van der Waals surface area contributed by atoms with Crippen LogP contribution in [-0.4, -0.2) is 47.5 Å². The van der Waals surface area contributed by atoms with Crippen molar-refractivity contribution in [2.24, 2.45) is 0 Å². The Morgan fingerprint density at radius 3 is 2.89 bits per heavy atom. The van der Waals surface area contributed by atoms with E-state index in [1.165, 1.54) is 6.20 Å². The van der Waals surface area contributed by atoms with Gasteiger partial charge in [-0.15, -0.1) is 0 Å². The molecule has 1 aromatic rings. The molecule has 0 aromatic carbocycles. The molecule has 1 aromatic heterocycles.